The van der Waals surface area contributed by atoms with Gasteiger partial charge in [-0.25, -0.2) is 0 Å². The monoisotopic (exact) mass is 448 g/mol. The number of furan rings is 1. The number of rotatable bonds is 6. The Balaban J connectivity index is 0.00000288. The largest absolute Gasteiger partial charge is 0.467 e. The molecule has 1 saturated heterocycles. The van der Waals surface area contributed by atoms with Crippen molar-refractivity contribution in [2.24, 2.45) is 16.8 Å². The predicted molar refractivity (Wildman–Crippen MR) is 106 cm³/mol. The van der Waals surface area contributed by atoms with Crippen molar-refractivity contribution >= 4 is 35.8 Å². The number of aliphatic imine (C=N–C) groups is 1. The second-order valence-corrected chi connectivity index (χ2v) is 6.49. The summed E-state index contributed by atoms with van der Waals surface area (Å²) >= 11 is 0. The van der Waals surface area contributed by atoms with Crippen LogP contribution in [0.4, 0.5) is 0 Å². The number of carbonyl (C=O) groups excluding carboxylic acids is 1. The lowest BCUT2D eigenvalue weighted by Gasteiger charge is -2.22. The fourth-order valence-electron chi connectivity index (χ4n) is 3.04. The van der Waals surface area contributed by atoms with Crippen molar-refractivity contribution in [3.05, 3.63) is 24.2 Å². The highest BCUT2D eigenvalue weighted by Crippen LogP contribution is 2.23. The molecule has 0 radical (unpaired) electrons. The Kier molecular flexibility index (Phi) is 9.17. The summed E-state index contributed by atoms with van der Waals surface area (Å²) in [4.78, 5) is 18.4. The fourth-order valence-corrected chi connectivity index (χ4v) is 3.04. The minimum Gasteiger partial charge on any atom is -0.467 e. The first-order valence-electron chi connectivity index (χ1n) is 8.33. The van der Waals surface area contributed by atoms with Crippen LogP contribution in [0.2, 0.25) is 0 Å². The number of likely N-dealkylation sites (tertiary alicyclic amines) is 1. The minimum atomic E-state index is -0.0690. The summed E-state index contributed by atoms with van der Waals surface area (Å²) in [5.74, 6) is 2.94. The first kappa shape index (κ1) is 20.8. The lowest BCUT2D eigenvalue weighted by atomic mass is 9.97. The van der Waals surface area contributed by atoms with Crippen LogP contribution in [0.3, 0.4) is 0 Å². The third-order valence-corrected chi connectivity index (χ3v) is 4.05. The third-order valence-electron chi connectivity index (χ3n) is 4.05. The molecule has 136 valence electrons. The summed E-state index contributed by atoms with van der Waals surface area (Å²) in [5.41, 5.74) is 0. The number of amides is 1. The van der Waals surface area contributed by atoms with Gasteiger partial charge in [0, 0.05) is 20.1 Å². The lowest BCUT2D eigenvalue weighted by molar-refractivity contribution is -0.120. The van der Waals surface area contributed by atoms with Gasteiger partial charge in [-0.2, -0.15) is 0 Å². The van der Waals surface area contributed by atoms with Crippen molar-refractivity contribution in [3.63, 3.8) is 0 Å². The fraction of sp³-hybridized carbons (Fsp3) is 0.647. The van der Waals surface area contributed by atoms with E-state index in [0.29, 0.717) is 6.54 Å². The van der Waals surface area contributed by atoms with Crippen molar-refractivity contribution in [1.29, 1.82) is 0 Å². The van der Waals surface area contributed by atoms with Crippen LogP contribution >= 0.6 is 24.0 Å². The maximum atomic E-state index is 11.9. The van der Waals surface area contributed by atoms with E-state index in [-0.39, 0.29) is 36.4 Å². The number of hydrogen-bond donors (Lipinski definition) is 2. The molecule has 0 aromatic carbocycles. The molecular formula is C17H29IN4O2. The van der Waals surface area contributed by atoms with Gasteiger partial charge in [0.25, 0.3) is 0 Å². The normalized spacial score (nSPS) is 17.8. The highest BCUT2D eigenvalue weighted by Gasteiger charge is 2.25. The van der Waals surface area contributed by atoms with E-state index in [1.165, 1.54) is 12.8 Å². The van der Waals surface area contributed by atoms with Crippen molar-refractivity contribution in [3.8, 4) is 0 Å². The molecule has 6 nitrogen and oxygen atoms in total. The second kappa shape index (κ2) is 10.6. The summed E-state index contributed by atoms with van der Waals surface area (Å²) in [7, 11) is 1.76. The Hall–Kier alpha value is -1.25. The smallest absolute Gasteiger partial charge is 0.239 e. The molecule has 0 spiro atoms. The van der Waals surface area contributed by atoms with Gasteiger partial charge in [0.1, 0.15) is 5.76 Å². The molecule has 1 aromatic heterocycles. The predicted octanol–water partition coefficient (Wildman–Crippen LogP) is 2.46. The number of nitrogens with zero attached hydrogens (tertiary/aromatic N) is 2. The van der Waals surface area contributed by atoms with Gasteiger partial charge in [-0.1, -0.05) is 13.8 Å². The third kappa shape index (κ3) is 6.70. The van der Waals surface area contributed by atoms with Gasteiger partial charge in [-0.15, -0.1) is 24.0 Å². The molecule has 24 heavy (non-hydrogen) atoms. The summed E-state index contributed by atoms with van der Waals surface area (Å²) < 4.78 is 5.19. The van der Waals surface area contributed by atoms with Crippen molar-refractivity contribution in [1.82, 2.24) is 15.5 Å². The molecule has 2 N–H and O–H groups in total. The van der Waals surface area contributed by atoms with E-state index in [2.05, 4.69) is 34.4 Å². The SMILES string of the molecule is CN=C(NCC(=O)NCc1ccco1)N1CCC(CC(C)C)C1.I. The van der Waals surface area contributed by atoms with Gasteiger partial charge < -0.3 is 20.0 Å². The highest BCUT2D eigenvalue weighted by atomic mass is 127. The summed E-state index contributed by atoms with van der Waals surface area (Å²) in [6.45, 7) is 7.18. The molecule has 0 aliphatic carbocycles. The van der Waals surface area contributed by atoms with Crippen LogP contribution < -0.4 is 10.6 Å². The lowest BCUT2D eigenvalue weighted by Crippen LogP contribution is -2.44. The number of carbonyl (C=O) groups is 1. The topological polar surface area (TPSA) is 69.9 Å². The zero-order valence-corrected chi connectivity index (χ0v) is 17.1. The Labute approximate surface area is 161 Å². The van der Waals surface area contributed by atoms with Crippen LogP contribution in [0.25, 0.3) is 0 Å². The van der Waals surface area contributed by atoms with Crippen molar-refractivity contribution < 1.29 is 9.21 Å². The van der Waals surface area contributed by atoms with E-state index in [1.807, 2.05) is 12.1 Å². The number of halogens is 1. The standard InChI is InChI=1S/C17H28N4O2.HI/c1-13(2)9-14-6-7-21(12-14)17(18-3)20-11-16(22)19-10-15-5-4-8-23-15;/h4-5,8,13-14H,6-7,9-12H2,1-3H3,(H,18,20)(H,19,22);1H. The van der Waals surface area contributed by atoms with Gasteiger partial charge >= 0.3 is 0 Å². The summed E-state index contributed by atoms with van der Waals surface area (Å²) in [5, 5.41) is 5.97. The van der Waals surface area contributed by atoms with Gasteiger partial charge in [-0.05, 0) is 36.8 Å². The number of nitrogens with one attached hydrogen (secondary N) is 2. The van der Waals surface area contributed by atoms with Gasteiger partial charge in [0.15, 0.2) is 5.96 Å². The van der Waals surface area contributed by atoms with E-state index in [9.17, 15) is 4.79 Å². The second-order valence-electron chi connectivity index (χ2n) is 6.49. The van der Waals surface area contributed by atoms with E-state index in [1.54, 1.807) is 13.3 Å². The maximum absolute atomic E-state index is 11.9. The zero-order chi connectivity index (χ0) is 16.7. The Bertz CT molecular complexity index is 517. The van der Waals surface area contributed by atoms with Gasteiger partial charge in [-0.3, -0.25) is 9.79 Å². The average molecular weight is 448 g/mol. The van der Waals surface area contributed by atoms with Gasteiger partial charge in [0.05, 0.1) is 19.4 Å². The molecule has 1 aliphatic heterocycles. The molecule has 1 aromatic rings. The Morgan fingerprint density at radius 2 is 2.25 bits per heavy atom. The first-order valence-corrected chi connectivity index (χ1v) is 8.33. The molecule has 2 heterocycles. The Morgan fingerprint density at radius 3 is 2.88 bits per heavy atom. The van der Waals surface area contributed by atoms with Crippen LogP contribution in [0, 0.1) is 11.8 Å². The molecular weight excluding hydrogens is 419 g/mol. The van der Waals surface area contributed by atoms with Crippen LogP contribution in [-0.4, -0.2) is 43.4 Å². The van der Waals surface area contributed by atoms with E-state index < -0.39 is 0 Å². The molecule has 2 rings (SSSR count). The molecule has 1 aliphatic rings. The first-order chi connectivity index (χ1) is 11.1. The van der Waals surface area contributed by atoms with Crippen molar-refractivity contribution in [2.45, 2.75) is 33.2 Å². The molecule has 0 bridgehead atoms. The molecule has 7 heteroatoms. The van der Waals surface area contributed by atoms with E-state index in [0.717, 1.165) is 36.6 Å². The molecule has 1 unspecified atom stereocenters. The van der Waals surface area contributed by atoms with Crippen LogP contribution in [-0.2, 0) is 11.3 Å². The van der Waals surface area contributed by atoms with E-state index in [4.69, 9.17) is 4.42 Å². The average Bonchev–Trinajstić information content (AvgIpc) is 3.17. The summed E-state index contributed by atoms with van der Waals surface area (Å²) in [6, 6.07) is 3.65. The quantitative estimate of drug-likeness (QED) is 0.399. The minimum absolute atomic E-state index is 0. The molecule has 1 atom stereocenters. The zero-order valence-electron chi connectivity index (χ0n) is 14.7. The van der Waals surface area contributed by atoms with Crippen LogP contribution in [0.5, 0.6) is 0 Å². The molecule has 1 fully saturated rings. The van der Waals surface area contributed by atoms with E-state index >= 15 is 0 Å². The van der Waals surface area contributed by atoms with Crippen LogP contribution in [0.15, 0.2) is 27.8 Å². The highest BCUT2D eigenvalue weighted by molar-refractivity contribution is 14.0. The maximum Gasteiger partial charge on any atom is 0.239 e. The Morgan fingerprint density at radius 1 is 1.46 bits per heavy atom. The number of hydrogen-bond acceptors (Lipinski definition) is 3. The molecule has 1 amide bonds. The van der Waals surface area contributed by atoms with Crippen LogP contribution in [0.1, 0.15) is 32.4 Å². The van der Waals surface area contributed by atoms with Crippen molar-refractivity contribution in [2.75, 3.05) is 26.7 Å². The molecule has 0 saturated carbocycles. The summed E-state index contributed by atoms with van der Waals surface area (Å²) in [6.07, 6.45) is 4.04. The number of guanidine groups is 1. The van der Waals surface area contributed by atoms with Gasteiger partial charge in [0.2, 0.25) is 5.91 Å².